The molecular formula is C26H29F2N5. The molecule has 4 rings (SSSR count). The number of benzene rings is 1. The van der Waals surface area contributed by atoms with Crippen molar-refractivity contribution in [2.75, 3.05) is 16.8 Å². The first-order valence-corrected chi connectivity index (χ1v) is 11.1. The number of fused-ring (bicyclic) bond motifs is 1. The molecule has 172 valence electrons. The molecule has 0 saturated heterocycles. The zero-order chi connectivity index (χ0) is 23.7. The van der Waals surface area contributed by atoms with E-state index in [9.17, 15) is 8.78 Å². The van der Waals surface area contributed by atoms with E-state index in [0.717, 1.165) is 37.1 Å². The molecule has 0 amide bonds. The monoisotopic (exact) mass is 449 g/mol. The summed E-state index contributed by atoms with van der Waals surface area (Å²) in [5, 5.41) is 6.49. The normalized spacial score (nSPS) is 13.1. The van der Waals surface area contributed by atoms with Gasteiger partial charge in [-0.15, -0.1) is 0 Å². The first-order valence-electron chi connectivity index (χ1n) is 11.1. The van der Waals surface area contributed by atoms with Crippen molar-refractivity contribution in [3.05, 3.63) is 77.3 Å². The number of hydrogen-bond acceptors (Lipinski definition) is 5. The third kappa shape index (κ3) is 4.73. The van der Waals surface area contributed by atoms with E-state index in [4.69, 9.17) is 0 Å². The maximum Gasteiger partial charge on any atom is 0.149 e. The van der Waals surface area contributed by atoms with Crippen molar-refractivity contribution in [3.63, 3.8) is 0 Å². The number of halogens is 2. The fourth-order valence-corrected chi connectivity index (χ4v) is 4.26. The quantitative estimate of drug-likeness (QED) is 0.493. The largest absolute Gasteiger partial charge is 0.343 e. The molecule has 0 spiro atoms. The number of pyridine rings is 2. The van der Waals surface area contributed by atoms with E-state index in [0.29, 0.717) is 28.5 Å². The summed E-state index contributed by atoms with van der Waals surface area (Å²) in [6.45, 7) is 13.3. The fraction of sp³-hybridized carbons (Fsp3) is 0.308. The maximum absolute atomic E-state index is 14.9. The highest BCUT2D eigenvalue weighted by atomic mass is 19.1. The highest BCUT2D eigenvalue weighted by Gasteiger charge is 2.19. The third-order valence-corrected chi connectivity index (χ3v) is 5.85. The number of nitrogens with zero attached hydrogens (tertiary/aromatic N) is 3. The number of nitrogens with one attached hydrogen (secondary N) is 2. The topological polar surface area (TPSA) is 53.1 Å². The lowest BCUT2D eigenvalue weighted by Gasteiger charge is -2.31. The van der Waals surface area contributed by atoms with Crippen LogP contribution in [0, 0.1) is 18.6 Å². The number of rotatable bonds is 6. The molecule has 33 heavy (non-hydrogen) atoms. The van der Waals surface area contributed by atoms with E-state index in [1.807, 2.05) is 37.8 Å². The molecular weight excluding hydrogens is 420 g/mol. The molecule has 0 fully saturated rings. The van der Waals surface area contributed by atoms with Crippen LogP contribution in [0.3, 0.4) is 0 Å². The average molecular weight is 450 g/mol. The predicted octanol–water partition coefficient (Wildman–Crippen LogP) is 5.87. The van der Waals surface area contributed by atoms with Crippen LogP contribution in [0.1, 0.15) is 37.6 Å². The lowest BCUT2D eigenvalue weighted by atomic mass is 10.0. The first-order chi connectivity index (χ1) is 15.7. The van der Waals surface area contributed by atoms with Crippen molar-refractivity contribution in [2.24, 2.45) is 0 Å². The maximum atomic E-state index is 14.9. The van der Waals surface area contributed by atoms with Crippen molar-refractivity contribution in [3.8, 4) is 11.1 Å². The first kappa shape index (κ1) is 22.9. The van der Waals surface area contributed by atoms with Gasteiger partial charge in [-0.2, -0.15) is 0 Å². The van der Waals surface area contributed by atoms with Crippen molar-refractivity contribution >= 4 is 17.3 Å². The molecule has 1 aromatic carbocycles. The Morgan fingerprint density at radius 2 is 1.94 bits per heavy atom. The van der Waals surface area contributed by atoms with Crippen LogP contribution >= 0.6 is 0 Å². The van der Waals surface area contributed by atoms with E-state index < -0.39 is 11.6 Å². The summed E-state index contributed by atoms with van der Waals surface area (Å²) < 4.78 is 29.8. The Morgan fingerprint density at radius 1 is 1.15 bits per heavy atom. The van der Waals surface area contributed by atoms with E-state index >= 15 is 0 Å². The van der Waals surface area contributed by atoms with E-state index in [1.165, 1.54) is 11.6 Å². The van der Waals surface area contributed by atoms with Gasteiger partial charge in [-0.25, -0.2) is 18.7 Å². The molecule has 5 nitrogen and oxygen atoms in total. The minimum Gasteiger partial charge on any atom is -0.343 e. The van der Waals surface area contributed by atoms with Crippen LogP contribution in [0.25, 0.3) is 11.1 Å². The summed E-state index contributed by atoms with van der Waals surface area (Å²) in [6, 6.07) is 8.74. The van der Waals surface area contributed by atoms with Crippen LogP contribution in [-0.2, 0) is 13.0 Å². The lowest BCUT2D eigenvalue weighted by Crippen LogP contribution is -2.29. The molecule has 0 saturated carbocycles. The minimum absolute atomic E-state index is 0.0700. The van der Waals surface area contributed by atoms with Gasteiger partial charge in [0.1, 0.15) is 23.3 Å². The second-order valence-electron chi connectivity index (χ2n) is 8.70. The Labute approximate surface area is 193 Å². The SMILES string of the molecule is C=C(C)N(c1cc(-c2cc(Nc3ccc4c(n3)CCNC4)ncc2F)cc(F)c1C)C(C)C. The molecule has 0 aliphatic carbocycles. The Hall–Kier alpha value is -3.32. The van der Waals surface area contributed by atoms with Gasteiger partial charge < -0.3 is 15.5 Å². The zero-order valence-electron chi connectivity index (χ0n) is 19.5. The Balaban J connectivity index is 1.71. The number of allylic oxidation sites excluding steroid dienone is 1. The molecule has 0 atom stereocenters. The average Bonchev–Trinajstić information content (AvgIpc) is 2.77. The molecule has 1 aliphatic rings. The van der Waals surface area contributed by atoms with Gasteiger partial charge >= 0.3 is 0 Å². The molecule has 0 unspecified atom stereocenters. The van der Waals surface area contributed by atoms with Gasteiger partial charge in [0.2, 0.25) is 0 Å². The van der Waals surface area contributed by atoms with Crippen LogP contribution in [0.5, 0.6) is 0 Å². The van der Waals surface area contributed by atoms with Crippen molar-refractivity contribution in [2.45, 2.75) is 46.7 Å². The van der Waals surface area contributed by atoms with Crippen LogP contribution in [0.2, 0.25) is 0 Å². The van der Waals surface area contributed by atoms with Crippen LogP contribution in [-0.4, -0.2) is 22.6 Å². The fourth-order valence-electron chi connectivity index (χ4n) is 4.26. The number of hydrogen-bond donors (Lipinski definition) is 2. The third-order valence-electron chi connectivity index (χ3n) is 5.85. The summed E-state index contributed by atoms with van der Waals surface area (Å²) in [5.74, 6) is 0.163. The summed E-state index contributed by atoms with van der Waals surface area (Å²) in [5.41, 5.74) is 4.87. The predicted molar refractivity (Wildman–Crippen MR) is 130 cm³/mol. The van der Waals surface area contributed by atoms with E-state index in [2.05, 4.69) is 27.2 Å². The van der Waals surface area contributed by atoms with Crippen molar-refractivity contribution < 1.29 is 8.78 Å². The summed E-state index contributed by atoms with van der Waals surface area (Å²) in [7, 11) is 0. The summed E-state index contributed by atoms with van der Waals surface area (Å²) in [4.78, 5) is 10.8. The Morgan fingerprint density at radius 3 is 2.67 bits per heavy atom. The zero-order valence-corrected chi connectivity index (χ0v) is 19.5. The highest BCUT2D eigenvalue weighted by Crippen LogP contribution is 2.35. The van der Waals surface area contributed by atoms with Gasteiger partial charge in [-0.05, 0) is 63.1 Å². The number of aromatic nitrogens is 2. The molecule has 0 radical (unpaired) electrons. The molecule has 2 N–H and O–H groups in total. The molecule has 1 aliphatic heterocycles. The van der Waals surface area contributed by atoms with Crippen LogP contribution in [0.4, 0.5) is 26.1 Å². The van der Waals surface area contributed by atoms with Crippen LogP contribution < -0.4 is 15.5 Å². The summed E-state index contributed by atoms with van der Waals surface area (Å²) >= 11 is 0. The lowest BCUT2D eigenvalue weighted by molar-refractivity contribution is 0.614. The van der Waals surface area contributed by atoms with Crippen molar-refractivity contribution in [1.29, 1.82) is 0 Å². The number of anilines is 3. The van der Waals surface area contributed by atoms with Gasteiger partial charge in [0.15, 0.2) is 0 Å². The van der Waals surface area contributed by atoms with Gasteiger partial charge in [0.25, 0.3) is 0 Å². The van der Waals surface area contributed by atoms with Crippen LogP contribution in [0.15, 0.2) is 48.8 Å². The van der Waals surface area contributed by atoms with E-state index in [-0.39, 0.29) is 11.6 Å². The van der Waals surface area contributed by atoms with Gasteiger partial charge in [-0.1, -0.05) is 12.6 Å². The second-order valence-corrected chi connectivity index (χ2v) is 8.70. The Bertz CT molecular complexity index is 1210. The second kappa shape index (κ2) is 9.27. The van der Waals surface area contributed by atoms with Gasteiger partial charge in [-0.3, -0.25) is 0 Å². The standard InChI is InChI=1S/C26H29F2N5/c1-15(2)33(16(3)4)24-11-19(10-21(27)17(24)5)20-12-26(30-14-22(20)28)32-25-7-6-18-13-29-9-8-23(18)31-25/h6-7,10-12,14,16,29H,1,8-9,13H2,2-5H3,(H,30,31,32). The van der Waals surface area contributed by atoms with Crippen molar-refractivity contribution in [1.82, 2.24) is 15.3 Å². The molecule has 3 aromatic rings. The van der Waals surface area contributed by atoms with Gasteiger partial charge in [0.05, 0.1) is 6.20 Å². The van der Waals surface area contributed by atoms with E-state index in [1.54, 1.807) is 19.1 Å². The summed E-state index contributed by atoms with van der Waals surface area (Å²) in [6.07, 6.45) is 2.00. The molecule has 3 heterocycles. The molecule has 2 aromatic heterocycles. The smallest absolute Gasteiger partial charge is 0.149 e. The molecule has 0 bridgehead atoms. The minimum atomic E-state index is -0.523. The Kier molecular flexibility index (Phi) is 6.42. The highest BCUT2D eigenvalue weighted by molar-refractivity contribution is 5.74. The van der Waals surface area contributed by atoms with Gasteiger partial charge in [0, 0.05) is 53.8 Å². The molecule has 7 heteroatoms.